The minimum absolute atomic E-state index is 0.00755. The van der Waals surface area contributed by atoms with Gasteiger partial charge >= 0.3 is 0 Å². The van der Waals surface area contributed by atoms with Crippen molar-refractivity contribution >= 4 is 35.0 Å². The second kappa shape index (κ2) is 17.3. The van der Waals surface area contributed by atoms with E-state index in [0.29, 0.717) is 36.5 Å². The lowest BCUT2D eigenvalue weighted by Crippen LogP contribution is -2.31. The van der Waals surface area contributed by atoms with Crippen LogP contribution in [0.2, 0.25) is 0 Å². The summed E-state index contributed by atoms with van der Waals surface area (Å²) >= 11 is 1.60. The highest BCUT2D eigenvalue weighted by Crippen LogP contribution is 2.39. The van der Waals surface area contributed by atoms with E-state index in [4.69, 9.17) is 15.2 Å². The van der Waals surface area contributed by atoms with Crippen molar-refractivity contribution in [3.63, 3.8) is 0 Å². The van der Waals surface area contributed by atoms with Gasteiger partial charge in [0.2, 0.25) is 11.8 Å². The number of aryl methyl sites for hydroxylation is 1. The first-order valence-electron chi connectivity index (χ1n) is 16.9. The minimum Gasteiger partial charge on any atom is -0.397 e. The quantitative estimate of drug-likeness (QED) is 0.0768. The van der Waals surface area contributed by atoms with Crippen LogP contribution in [0.5, 0.6) is 0 Å². The van der Waals surface area contributed by atoms with E-state index < -0.39 is 6.29 Å². The summed E-state index contributed by atoms with van der Waals surface area (Å²) < 4.78 is 14.9. The highest BCUT2D eigenvalue weighted by atomic mass is 32.2. The van der Waals surface area contributed by atoms with Gasteiger partial charge in [-0.25, -0.2) is 0 Å². The number of aromatic nitrogens is 3. The van der Waals surface area contributed by atoms with Gasteiger partial charge in [-0.15, -0.1) is 10.2 Å². The number of thioether (sulfide) groups is 1. The van der Waals surface area contributed by atoms with Crippen LogP contribution in [0.15, 0.2) is 109 Å². The van der Waals surface area contributed by atoms with Gasteiger partial charge in [0, 0.05) is 44.2 Å². The standard InChI is InChI=1S/C39H42N6O5S/c1-45-25-42-44-39(45)51-24-32-21-35(29-14-12-26(23-46)13-15-29)50-38(49-32)30-18-16-28(17-19-30)31-7-4-6-27(20-31)22-41-36(47)10-5-11-37(48)43-34-9-3-2-8-33(34)40/h2-4,6-9,12-20,25,32,35,38,46H,5,10-11,21-24,40H2,1H3,(H,41,47)(H,43,48). The van der Waals surface area contributed by atoms with Crippen molar-refractivity contribution in [2.75, 3.05) is 16.8 Å². The van der Waals surface area contributed by atoms with Crippen molar-refractivity contribution < 1.29 is 24.2 Å². The molecule has 0 bridgehead atoms. The van der Waals surface area contributed by atoms with Crippen molar-refractivity contribution in [3.05, 3.63) is 126 Å². The third kappa shape index (κ3) is 9.83. The Hall–Kier alpha value is -5.01. The van der Waals surface area contributed by atoms with Crippen LogP contribution in [-0.2, 0) is 39.3 Å². The molecule has 1 saturated heterocycles. The molecule has 0 spiro atoms. The van der Waals surface area contributed by atoms with E-state index in [0.717, 1.165) is 38.5 Å². The Labute approximate surface area is 301 Å². The molecule has 1 aliphatic rings. The van der Waals surface area contributed by atoms with E-state index in [1.807, 2.05) is 66.2 Å². The van der Waals surface area contributed by atoms with Gasteiger partial charge in [0.15, 0.2) is 11.4 Å². The molecule has 1 fully saturated rings. The summed E-state index contributed by atoms with van der Waals surface area (Å²) in [6.45, 7) is 0.377. The maximum atomic E-state index is 12.5. The van der Waals surface area contributed by atoms with Gasteiger partial charge in [0.1, 0.15) is 6.33 Å². The van der Waals surface area contributed by atoms with Gasteiger partial charge in [0.05, 0.1) is 30.2 Å². The average Bonchev–Trinajstić information content (AvgIpc) is 3.58. The van der Waals surface area contributed by atoms with Crippen LogP contribution < -0.4 is 16.4 Å². The number of nitrogens with one attached hydrogen (secondary N) is 2. The van der Waals surface area contributed by atoms with Crippen LogP contribution in [0.1, 0.15) is 60.3 Å². The molecule has 264 valence electrons. The van der Waals surface area contributed by atoms with Gasteiger partial charge in [-0.05, 0) is 52.4 Å². The van der Waals surface area contributed by atoms with Crippen LogP contribution >= 0.6 is 11.8 Å². The smallest absolute Gasteiger partial charge is 0.224 e. The maximum Gasteiger partial charge on any atom is 0.224 e. The highest BCUT2D eigenvalue weighted by Gasteiger charge is 2.32. The topological polar surface area (TPSA) is 154 Å². The van der Waals surface area contributed by atoms with Crippen molar-refractivity contribution in [2.24, 2.45) is 7.05 Å². The van der Waals surface area contributed by atoms with E-state index in [1.54, 1.807) is 42.4 Å². The first-order valence-corrected chi connectivity index (χ1v) is 17.9. The zero-order valence-corrected chi connectivity index (χ0v) is 29.2. The number of carbonyl (C=O) groups excluding carboxylic acids is 2. The molecule has 5 N–H and O–H groups in total. The summed E-state index contributed by atoms with van der Waals surface area (Å²) in [7, 11) is 1.92. The molecule has 3 atom stereocenters. The van der Waals surface area contributed by atoms with E-state index in [9.17, 15) is 14.7 Å². The number of aliphatic hydroxyl groups is 1. The molecule has 0 aliphatic carbocycles. The number of nitrogens with zero attached hydrogens (tertiary/aromatic N) is 3. The Balaban J connectivity index is 1.04. The van der Waals surface area contributed by atoms with E-state index in [2.05, 4.69) is 39.0 Å². The number of hydrogen-bond donors (Lipinski definition) is 4. The van der Waals surface area contributed by atoms with Crippen LogP contribution in [0, 0.1) is 0 Å². The third-order valence-corrected chi connectivity index (χ3v) is 9.82. The maximum absolute atomic E-state index is 12.5. The number of carbonyl (C=O) groups is 2. The summed E-state index contributed by atoms with van der Waals surface area (Å²) in [6, 6.07) is 31.2. The molecule has 2 amide bonds. The summed E-state index contributed by atoms with van der Waals surface area (Å²) in [4.78, 5) is 24.8. The van der Waals surface area contributed by atoms with E-state index in [-0.39, 0.29) is 43.5 Å². The molecular weight excluding hydrogens is 665 g/mol. The second-order valence-corrected chi connectivity index (χ2v) is 13.5. The van der Waals surface area contributed by atoms with Crippen LogP contribution in [-0.4, -0.2) is 43.5 Å². The number of benzene rings is 4. The predicted molar refractivity (Wildman–Crippen MR) is 197 cm³/mol. The van der Waals surface area contributed by atoms with Gasteiger partial charge < -0.3 is 35.5 Å². The lowest BCUT2D eigenvalue weighted by Gasteiger charge is -2.36. The molecule has 6 rings (SSSR count). The molecule has 4 aromatic carbocycles. The number of aliphatic hydroxyl groups excluding tert-OH is 1. The predicted octanol–water partition coefficient (Wildman–Crippen LogP) is 6.32. The number of anilines is 2. The molecule has 0 saturated carbocycles. The second-order valence-electron chi connectivity index (χ2n) is 12.5. The number of amides is 2. The molecular formula is C39H42N6O5S. The van der Waals surface area contributed by atoms with Gasteiger partial charge in [-0.1, -0.05) is 90.6 Å². The number of ether oxygens (including phenoxy) is 2. The van der Waals surface area contributed by atoms with Crippen molar-refractivity contribution in [1.29, 1.82) is 0 Å². The van der Waals surface area contributed by atoms with E-state index >= 15 is 0 Å². The Kier molecular flexibility index (Phi) is 12.1. The number of nitrogen functional groups attached to an aromatic ring is 1. The fraction of sp³-hybridized carbons (Fsp3) is 0.282. The summed E-state index contributed by atoms with van der Waals surface area (Å²) in [5.74, 6) is 0.407. The van der Waals surface area contributed by atoms with Crippen LogP contribution in [0.25, 0.3) is 11.1 Å². The van der Waals surface area contributed by atoms with Crippen molar-refractivity contribution in [1.82, 2.24) is 20.1 Å². The van der Waals surface area contributed by atoms with Crippen LogP contribution in [0.3, 0.4) is 0 Å². The SMILES string of the molecule is Cn1cnnc1SCC1CC(c2ccc(CO)cc2)OC(c2ccc(-c3cccc(CNC(=O)CCCC(=O)Nc4ccccc4N)c3)cc2)O1. The summed E-state index contributed by atoms with van der Waals surface area (Å²) in [6.07, 6.45) is 2.44. The zero-order valence-electron chi connectivity index (χ0n) is 28.4. The van der Waals surface area contributed by atoms with E-state index in [1.165, 1.54) is 0 Å². The Morgan fingerprint density at radius 1 is 0.902 bits per heavy atom. The fourth-order valence-electron chi connectivity index (χ4n) is 5.81. The highest BCUT2D eigenvalue weighted by molar-refractivity contribution is 7.99. The number of hydrogen-bond acceptors (Lipinski definition) is 9. The number of nitrogens with two attached hydrogens (primary N) is 1. The first kappa shape index (κ1) is 35.8. The molecule has 1 aliphatic heterocycles. The summed E-state index contributed by atoms with van der Waals surface area (Å²) in [5.41, 5.74) is 12.8. The van der Waals surface area contributed by atoms with Crippen LogP contribution in [0.4, 0.5) is 11.4 Å². The van der Waals surface area contributed by atoms with Crippen molar-refractivity contribution in [2.45, 2.75) is 62.5 Å². The molecule has 0 radical (unpaired) electrons. The number of para-hydroxylation sites is 2. The lowest BCUT2D eigenvalue weighted by atomic mass is 9.99. The first-order chi connectivity index (χ1) is 24.8. The molecule has 5 aromatic rings. The fourth-order valence-corrected chi connectivity index (χ4v) is 6.71. The van der Waals surface area contributed by atoms with Crippen molar-refractivity contribution in [3.8, 4) is 11.1 Å². The normalized spacial score (nSPS) is 17.2. The Bertz CT molecular complexity index is 1920. The monoisotopic (exact) mass is 706 g/mol. The zero-order chi connectivity index (χ0) is 35.6. The molecule has 2 heterocycles. The van der Waals surface area contributed by atoms with Gasteiger partial charge in [-0.3, -0.25) is 9.59 Å². The molecule has 1 aromatic heterocycles. The Morgan fingerprint density at radius 2 is 1.67 bits per heavy atom. The largest absolute Gasteiger partial charge is 0.397 e. The minimum atomic E-state index is -0.565. The average molecular weight is 707 g/mol. The van der Waals surface area contributed by atoms with Gasteiger partial charge in [0.25, 0.3) is 0 Å². The third-order valence-electron chi connectivity index (χ3n) is 8.66. The number of rotatable bonds is 14. The van der Waals surface area contributed by atoms with Gasteiger partial charge in [-0.2, -0.15) is 0 Å². The summed E-state index contributed by atoms with van der Waals surface area (Å²) in [5, 5.41) is 24.3. The molecule has 12 heteroatoms. The molecule has 51 heavy (non-hydrogen) atoms. The molecule has 11 nitrogen and oxygen atoms in total. The Morgan fingerprint density at radius 3 is 2.41 bits per heavy atom. The molecule has 3 unspecified atom stereocenters. The lowest BCUT2D eigenvalue weighted by molar-refractivity contribution is -0.245.